The van der Waals surface area contributed by atoms with E-state index in [1.807, 2.05) is 0 Å². The Balaban J connectivity index is 0.000000399. The Morgan fingerprint density at radius 3 is 2.00 bits per heavy atom. The van der Waals surface area contributed by atoms with Gasteiger partial charge in [0.25, 0.3) is 0 Å². The van der Waals surface area contributed by atoms with Crippen LogP contribution in [0.3, 0.4) is 0 Å². The van der Waals surface area contributed by atoms with Crippen molar-refractivity contribution in [2.45, 2.75) is 70.6 Å². The van der Waals surface area contributed by atoms with Gasteiger partial charge in [0.05, 0.1) is 5.41 Å². The van der Waals surface area contributed by atoms with Gasteiger partial charge in [0, 0.05) is 18.6 Å². The summed E-state index contributed by atoms with van der Waals surface area (Å²) >= 11 is 0. The Labute approximate surface area is 152 Å². The summed E-state index contributed by atoms with van der Waals surface area (Å²) < 4.78 is 36.4. The third-order valence-corrected chi connectivity index (χ3v) is 5.64. The Kier molecular flexibility index (Phi) is 5.67. The lowest BCUT2D eigenvalue weighted by Crippen LogP contribution is -2.68. The van der Waals surface area contributed by atoms with E-state index in [0.717, 1.165) is 0 Å². The molecule has 1 saturated carbocycles. The van der Waals surface area contributed by atoms with Gasteiger partial charge in [0.15, 0.2) is 5.71 Å². The third kappa shape index (κ3) is 4.41. The highest BCUT2D eigenvalue weighted by Gasteiger charge is 2.49. The quantitative estimate of drug-likeness (QED) is 0.609. The zero-order chi connectivity index (χ0) is 19.0. The average Bonchev–Trinajstić information content (AvgIpc) is 2.68. The first-order valence-electron chi connectivity index (χ1n) is 8.71. The van der Waals surface area contributed by atoms with E-state index < -0.39 is 10.2 Å². The van der Waals surface area contributed by atoms with E-state index >= 15 is 0 Å². The van der Waals surface area contributed by atoms with Crippen molar-refractivity contribution in [3.8, 4) is 0 Å². The molecule has 25 heavy (non-hydrogen) atoms. The van der Waals surface area contributed by atoms with E-state index in [-0.39, 0.29) is 5.41 Å². The van der Waals surface area contributed by atoms with Crippen LogP contribution in [0.5, 0.6) is 0 Å². The highest BCUT2D eigenvalue weighted by molar-refractivity contribution is 5.94. The topological polar surface area (TPSA) is 95.2 Å². The number of rotatable bonds is 0. The van der Waals surface area contributed by atoms with Crippen LogP contribution < -0.4 is 18.6 Å². The molecule has 0 N–H and O–H groups in total. The molecule has 0 amide bonds. The summed E-state index contributed by atoms with van der Waals surface area (Å²) in [7, 11) is -2.70. The van der Waals surface area contributed by atoms with E-state index in [2.05, 4.69) is 57.5 Å². The van der Waals surface area contributed by atoms with Gasteiger partial charge < -0.3 is 0 Å². The molecule has 1 aliphatic heterocycles. The molecular formula is C19H28ClNO4. The largest absolute Gasteiger partial charge is 0.222 e. The third-order valence-electron chi connectivity index (χ3n) is 5.64. The molecule has 1 aromatic carbocycles. The first kappa shape index (κ1) is 20.3. The molecule has 1 fully saturated rings. The van der Waals surface area contributed by atoms with Crippen molar-refractivity contribution < 1.29 is 33.5 Å². The zero-order valence-corrected chi connectivity index (χ0v) is 16.5. The van der Waals surface area contributed by atoms with E-state index in [9.17, 15) is 0 Å². The van der Waals surface area contributed by atoms with Crippen LogP contribution in [0, 0.1) is 10.2 Å². The fraction of sp³-hybridized carbons (Fsp3) is 0.632. The van der Waals surface area contributed by atoms with Crippen molar-refractivity contribution in [3.63, 3.8) is 0 Å². The van der Waals surface area contributed by atoms with Gasteiger partial charge in [-0.15, -0.1) is 10.2 Å². The van der Waals surface area contributed by atoms with Crippen molar-refractivity contribution in [1.29, 1.82) is 0 Å². The van der Waals surface area contributed by atoms with Gasteiger partial charge >= 0.3 is 0 Å². The number of fused-ring (bicyclic) bond motifs is 2. The molecule has 1 heterocycles. The van der Waals surface area contributed by atoms with Crippen LogP contribution >= 0.6 is 0 Å². The Hall–Kier alpha value is -0.980. The molecule has 2 aliphatic rings. The second-order valence-electron chi connectivity index (χ2n) is 8.15. The van der Waals surface area contributed by atoms with Crippen molar-refractivity contribution in [2.24, 2.45) is 0 Å². The summed E-state index contributed by atoms with van der Waals surface area (Å²) in [4.78, 5) is 0. The van der Waals surface area contributed by atoms with Gasteiger partial charge in [0.1, 0.15) is 7.05 Å². The zero-order valence-electron chi connectivity index (χ0n) is 15.7. The number of benzene rings is 1. The number of hydrogen-bond donors (Lipinski definition) is 0. The van der Waals surface area contributed by atoms with Gasteiger partial charge in [-0.25, -0.2) is 23.2 Å². The molecule has 3 rings (SSSR count). The standard InChI is InChI=1S/C19H28N.ClHO4/c1-14-19(11-7-6-8-12-19)16-13-15(18(2,3)4)9-10-17(16)20(14)5;2-1(3,4)5/h9-10,13H,6-8,11-12H2,1-5H3;(H,2,3,4,5)/q+1;/p-1. The predicted octanol–water partition coefficient (Wildman–Crippen LogP) is 0.178. The number of nitrogens with zero attached hydrogens (tertiary/aromatic N) is 1. The van der Waals surface area contributed by atoms with Crippen LogP contribution in [-0.4, -0.2) is 17.3 Å². The molecule has 6 heteroatoms. The average molecular weight is 370 g/mol. The second-order valence-corrected chi connectivity index (χ2v) is 8.90. The SMILES string of the molecule is CC1=[N+](C)c2ccc(C(C)(C)C)cc2C12CCCCC2.[O-][Cl+3]([O-])([O-])[O-]. The molecule has 0 unspecified atom stereocenters. The minimum atomic E-state index is -4.94. The Morgan fingerprint density at radius 1 is 1.00 bits per heavy atom. The number of halogens is 1. The maximum Gasteiger partial charge on any atom is 0.209 e. The first-order valence-corrected chi connectivity index (χ1v) is 9.94. The molecule has 1 aromatic rings. The van der Waals surface area contributed by atoms with E-state index in [0.29, 0.717) is 5.41 Å². The minimum Gasteiger partial charge on any atom is -0.222 e. The number of hydrogen-bond acceptors (Lipinski definition) is 4. The molecule has 0 radical (unpaired) electrons. The lowest BCUT2D eigenvalue weighted by atomic mass is 9.67. The highest BCUT2D eigenvalue weighted by Crippen LogP contribution is 2.49. The predicted molar refractivity (Wildman–Crippen MR) is 86.4 cm³/mol. The first-order chi connectivity index (χ1) is 11.4. The molecular weight excluding hydrogens is 342 g/mol. The maximum atomic E-state index is 8.49. The maximum absolute atomic E-state index is 8.49. The molecule has 0 atom stereocenters. The van der Waals surface area contributed by atoms with Crippen LogP contribution in [0.25, 0.3) is 0 Å². The summed E-state index contributed by atoms with van der Waals surface area (Å²) in [6.07, 6.45) is 6.84. The van der Waals surface area contributed by atoms with E-state index in [1.54, 1.807) is 11.3 Å². The van der Waals surface area contributed by atoms with Gasteiger partial charge in [0.2, 0.25) is 5.69 Å². The normalized spacial score (nSPS) is 19.6. The molecule has 0 aromatic heterocycles. The van der Waals surface area contributed by atoms with Crippen LogP contribution in [0.2, 0.25) is 0 Å². The summed E-state index contributed by atoms with van der Waals surface area (Å²) in [6, 6.07) is 7.18. The highest BCUT2D eigenvalue weighted by atomic mass is 35.7. The van der Waals surface area contributed by atoms with E-state index in [1.165, 1.54) is 43.4 Å². The van der Waals surface area contributed by atoms with Gasteiger partial charge in [-0.05, 0) is 29.9 Å². The van der Waals surface area contributed by atoms with Crippen LogP contribution in [0.1, 0.15) is 70.9 Å². The fourth-order valence-corrected chi connectivity index (χ4v) is 4.16. The Morgan fingerprint density at radius 2 is 1.52 bits per heavy atom. The molecule has 140 valence electrons. The van der Waals surface area contributed by atoms with E-state index in [4.69, 9.17) is 18.6 Å². The van der Waals surface area contributed by atoms with Crippen LogP contribution in [-0.2, 0) is 10.8 Å². The fourth-order valence-electron chi connectivity index (χ4n) is 4.16. The Bertz CT molecular complexity index is 659. The molecule has 5 nitrogen and oxygen atoms in total. The second kappa shape index (κ2) is 6.97. The summed E-state index contributed by atoms with van der Waals surface area (Å²) in [6.45, 7) is 9.30. The van der Waals surface area contributed by atoms with Crippen LogP contribution in [0.4, 0.5) is 5.69 Å². The minimum absolute atomic E-state index is 0.236. The van der Waals surface area contributed by atoms with Crippen molar-refractivity contribution in [3.05, 3.63) is 29.3 Å². The molecule has 0 saturated heterocycles. The van der Waals surface area contributed by atoms with Crippen LogP contribution in [0.15, 0.2) is 18.2 Å². The van der Waals surface area contributed by atoms with Gasteiger partial charge in [-0.2, -0.15) is 0 Å². The molecule has 0 bridgehead atoms. The smallest absolute Gasteiger partial charge is 0.209 e. The molecule has 1 spiro atoms. The van der Waals surface area contributed by atoms with Gasteiger partial charge in [-0.1, -0.05) is 46.1 Å². The monoisotopic (exact) mass is 369 g/mol. The molecule has 1 aliphatic carbocycles. The summed E-state index contributed by atoms with van der Waals surface area (Å²) in [5.41, 5.74) is 6.66. The van der Waals surface area contributed by atoms with Crippen molar-refractivity contribution >= 4 is 11.4 Å². The van der Waals surface area contributed by atoms with Gasteiger partial charge in [-0.3, -0.25) is 0 Å². The summed E-state index contributed by atoms with van der Waals surface area (Å²) in [5, 5.41) is 0. The lowest BCUT2D eigenvalue weighted by Gasteiger charge is -2.32. The summed E-state index contributed by atoms with van der Waals surface area (Å²) in [5.74, 6) is 0. The van der Waals surface area contributed by atoms with Crippen molar-refractivity contribution in [2.75, 3.05) is 7.05 Å². The van der Waals surface area contributed by atoms with Crippen molar-refractivity contribution in [1.82, 2.24) is 0 Å². The lowest BCUT2D eigenvalue weighted by molar-refractivity contribution is -2.00.